The Hall–Kier alpha value is -1.32. The molecular weight excluding hydrogens is 125 g/mol. The molecule has 0 aliphatic carbocycles. The Bertz CT molecular complexity index is 322. The highest BCUT2D eigenvalue weighted by molar-refractivity contribution is 6.07. The molecule has 0 radical (unpaired) electrons. The third-order valence-electron chi connectivity index (χ3n) is 1.42. The van der Waals surface area contributed by atoms with Gasteiger partial charge in [0.05, 0.1) is 6.20 Å². The van der Waals surface area contributed by atoms with Gasteiger partial charge in [-0.15, -0.1) is 0 Å². The van der Waals surface area contributed by atoms with Crippen LogP contribution in [-0.2, 0) is 0 Å². The molecule has 0 saturated heterocycles. The zero-order valence-corrected chi connectivity index (χ0v) is 5.65. The normalized spacial score (nSPS) is 10.4. The van der Waals surface area contributed by atoms with Crippen molar-refractivity contribution in [1.82, 2.24) is 14.7 Å². The van der Waals surface area contributed by atoms with E-state index in [1.165, 1.54) is 0 Å². The SMILES string of the molecule is Bn1cc2ccncc2n1. The summed E-state index contributed by atoms with van der Waals surface area (Å²) in [5, 5.41) is 5.30. The smallest absolute Gasteiger partial charge is 0.248 e. The number of aromatic nitrogens is 3. The van der Waals surface area contributed by atoms with Crippen LogP contribution in [0.15, 0.2) is 24.7 Å². The molecule has 4 heteroatoms. The van der Waals surface area contributed by atoms with E-state index in [4.69, 9.17) is 0 Å². The summed E-state index contributed by atoms with van der Waals surface area (Å²) in [7, 11) is 1.90. The van der Waals surface area contributed by atoms with Gasteiger partial charge in [0.25, 0.3) is 0 Å². The Balaban J connectivity index is 2.88. The second kappa shape index (κ2) is 1.83. The number of rotatable bonds is 0. The van der Waals surface area contributed by atoms with Crippen molar-refractivity contribution in [2.75, 3.05) is 0 Å². The van der Waals surface area contributed by atoms with E-state index in [2.05, 4.69) is 10.1 Å². The van der Waals surface area contributed by atoms with E-state index in [0.29, 0.717) is 0 Å². The number of fused-ring (bicyclic) bond motifs is 1. The van der Waals surface area contributed by atoms with Crippen LogP contribution >= 0.6 is 0 Å². The molecule has 0 amide bonds. The van der Waals surface area contributed by atoms with Crippen molar-refractivity contribution in [3.8, 4) is 0 Å². The maximum atomic E-state index is 4.17. The van der Waals surface area contributed by atoms with Gasteiger partial charge in [-0.05, 0) is 6.07 Å². The van der Waals surface area contributed by atoms with E-state index in [0.717, 1.165) is 10.9 Å². The van der Waals surface area contributed by atoms with Crippen molar-refractivity contribution >= 4 is 18.9 Å². The number of nitrogens with zero attached hydrogens (tertiary/aromatic N) is 3. The minimum absolute atomic E-state index is 0.949. The lowest BCUT2D eigenvalue weighted by Crippen LogP contribution is -1.88. The highest BCUT2D eigenvalue weighted by Gasteiger charge is 1.93. The zero-order chi connectivity index (χ0) is 6.97. The third-order valence-corrected chi connectivity index (χ3v) is 1.42. The number of hydrogen-bond acceptors (Lipinski definition) is 2. The molecule has 10 heavy (non-hydrogen) atoms. The van der Waals surface area contributed by atoms with Crippen molar-refractivity contribution in [1.29, 1.82) is 0 Å². The Morgan fingerprint density at radius 2 is 2.40 bits per heavy atom. The molecule has 2 aromatic heterocycles. The van der Waals surface area contributed by atoms with Gasteiger partial charge in [0.1, 0.15) is 5.52 Å². The summed E-state index contributed by atoms with van der Waals surface area (Å²) in [5.74, 6) is 0. The second-order valence-corrected chi connectivity index (χ2v) is 2.24. The summed E-state index contributed by atoms with van der Waals surface area (Å²) in [6, 6.07) is 1.95. The third kappa shape index (κ3) is 0.691. The van der Waals surface area contributed by atoms with Crippen LogP contribution in [-0.4, -0.2) is 22.7 Å². The highest BCUT2D eigenvalue weighted by atomic mass is 15.2. The largest absolute Gasteiger partial charge is 0.325 e. The van der Waals surface area contributed by atoms with Crippen LogP contribution in [0.3, 0.4) is 0 Å². The van der Waals surface area contributed by atoms with Crippen molar-refractivity contribution in [3.63, 3.8) is 0 Å². The van der Waals surface area contributed by atoms with Crippen LogP contribution in [0, 0.1) is 0 Å². The Labute approximate surface area is 59.1 Å². The lowest BCUT2D eigenvalue weighted by molar-refractivity contribution is 1.01. The molecule has 0 saturated carbocycles. The summed E-state index contributed by atoms with van der Waals surface area (Å²) in [4.78, 5) is 3.95. The van der Waals surface area contributed by atoms with Crippen LogP contribution in [0.1, 0.15) is 0 Å². The molecule has 0 aromatic carbocycles. The van der Waals surface area contributed by atoms with Crippen LogP contribution in [0.5, 0.6) is 0 Å². The van der Waals surface area contributed by atoms with E-state index in [-0.39, 0.29) is 0 Å². The maximum absolute atomic E-state index is 4.17. The molecule has 2 aromatic rings. The average molecular weight is 131 g/mol. The van der Waals surface area contributed by atoms with Gasteiger partial charge in [0.15, 0.2) is 0 Å². The molecule has 0 aliphatic heterocycles. The van der Waals surface area contributed by atoms with Gasteiger partial charge in [-0.25, -0.2) is 0 Å². The molecule has 48 valence electrons. The lowest BCUT2D eigenvalue weighted by atomic mass is 10.3. The predicted octanol–water partition coefficient (Wildman–Crippen LogP) is -0.173. The number of hydrogen-bond donors (Lipinski definition) is 0. The van der Waals surface area contributed by atoms with Gasteiger partial charge < -0.3 is 4.59 Å². The van der Waals surface area contributed by atoms with Crippen LogP contribution in [0.4, 0.5) is 0 Å². The minimum atomic E-state index is 0.949. The Kier molecular flexibility index (Phi) is 1.00. The van der Waals surface area contributed by atoms with Gasteiger partial charge in [-0.1, -0.05) is 0 Å². The molecule has 0 aliphatic rings. The fraction of sp³-hybridized carbons (Fsp3) is 0. The van der Waals surface area contributed by atoms with Crippen LogP contribution in [0.2, 0.25) is 0 Å². The molecular formula is C6H6BN3. The zero-order valence-electron chi connectivity index (χ0n) is 5.65. The van der Waals surface area contributed by atoms with E-state index in [1.807, 2.05) is 20.2 Å². The molecule has 2 rings (SSSR count). The second-order valence-electron chi connectivity index (χ2n) is 2.24. The van der Waals surface area contributed by atoms with Gasteiger partial charge in [0.2, 0.25) is 7.98 Å². The van der Waals surface area contributed by atoms with Crippen molar-refractivity contribution < 1.29 is 0 Å². The summed E-state index contributed by atoms with van der Waals surface area (Å²) >= 11 is 0. The summed E-state index contributed by atoms with van der Waals surface area (Å²) in [6.07, 6.45) is 5.50. The maximum Gasteiger partial charge on any atom is 0.248 e. The molecule has 2 heterocycles. The van der Waals surface area contributed by atoms with Gasteiger partial charge in [-0.2, -0.15) is 5.10 Å². The Morgan fingerprint density at radius 1 is 1.50 bits per heavy atom. The Morgan fingerprint density at radius 3 is 3.20 bits per heavy atom. The van der Waals surface area contributed by atoms with E-state index >= 15 is 0 Å². The van der Waals surface area contributed by atoms with Crippen LogP contribution in [0.25, 0.3) is 10.9 Å². The fourth-order valence-corrected chi connectivity index (χ4v) is 0.990. The summed E-state index contributed by atoms with van der Waals surface area (Å²) < 4.78 is 1.78. The summed E-state index contributed by atoms with van der Waals surface area (Å²) in [6.45, 7) is 0. The lowest BCUT2D eigenvalue weighted by Gasteiger charge is -1.80. The van der Waals surface area contributed by atoms with Gasteiger partial charge in [-0.3, -0.25) is 4.98 Å². The van der Waals surface area contributed by atoms with Crippen molar-refractivity contribution in [2.24, 2.45) is 0 Å². The van der Waals surface area contributed by atoms with E-state index < -0.39 is 0 Å². The molecule has 0 atom stereocenters. The van der Waals surface area contributed by atoms with Crippen LogP contribution < -0.4 is 0 Å². The van der Waals surface area contributed by atoms with E-state index in [1.54, 1.807) is 17.0 Å². The van der Waals surface area contributed by atoms with E-state index in [9.17, 15) is 0 Å². The topological polar surface area (TPSA) is 30.7 Å². The molecule has 0 N–H and O–H groups in total. The first-order chi connectivity index (χ1) is 4.86. The highest BCUT2D eigenvalue weighted by Crippen LogP contribution is 2.06. The predicted molar refractivity (Wildman–Crippen MR) is 41.5 cm³/mol. The first kappa shape index (κ1) is 5.47. The first-order valence-electron chi connectivity index (χ1n) is 3.09. The first-order valence-corrected chi connectivity index (χ1v) is 3.09. The van der Waals surface area contributed by atoms with Crippen molar-refractivity contribution in [2.45, 2.75) is 0 Å². The number of pyridine rings is 1. The monoisotopic (exact) mass is 131 g/mol. The van der Waals surface area contributed by atoms with Crippen molar-refractivity contribution in [3.05, 3.63) is 24.7 Å². The standard InChI is InChI=1S/C6H6BN3/c7-10-4-5-1-2-8-3-6(5)9-10/h1-4H,7H2. The fourth-order valence-electron chi connectivity index (χ4n) is 0.990. The average Bonchev–Trinajstić information content (AvgIpc) is 2.27. The molecule has 0 spiro atoms. The van der Waals surface area contributed by atoms with Gasteiger partial charge in [0, 0.05) is 17.8 Å². The van der Waals surface area contributed by atoms with Gasteiger partial charge >= 0.3 is 0 Å². The molecule has 0 fully saturated rings. The molecule has 0 unspecified atom stereocenters. The molecule has 3 nitrogen and oxygen atoms in total. The minimum Gasteiger partial charge on any atom is -0.325 e. The summed E-state index contributed by atoms with van der Waals surface area (Å²) in [5.41, 5.74) is 0.949. The quantitative estimate of drug-likeness (QED) is 0.464. The molecule has 0 bridgehead atoms.